The molecular weight excluding hydrogens is 214 g/mol. The average Bonchev–Trinajstić information content (AvgIpc) is 2.69. The second-order valence-electron chi connectivity index (χ2n) is 2.65. The first-order chi connectivity index (χ1) is 6.86. The van der Waals surface area contributed by atoms with Crippen LogP contribution in [0.5, 0.6) is 0 Å². The quantitative estimate of drug-likeness (QED) is 0.812. The summed E-state index contributed by atoms with van der Waals surface area (Å²) in [7, 11) is 0. The van der Waals surface area contributed by atoms with Gasteiger partial charge in [-0.3, -0.25) is 4.98 Å². The van der Waals surface area contributed by atoms with Crippen LogP contribution >= 0.6 is 23.1 Å². The number of pyridine rings is 1. The molecule has 0 radical (unpaired) electrons. The molecule has 0 fully saturated rings. The standard InChI is InChI=1S/C9H9N3S2/c10-8-2-1-3-12-9(8)13-5-7-4-11-6-14-7/h1-4,6H,5,10H2. The zero-order valence-corrected chi connectivity index (χ0v) is 9.02. The van der Waals surface area contributed by atoms with Crippen LogP contribution in [0, 0.1) is 0 Å². The third kappa shape index (κ3) is 2.24. The molecule has 0 saturated carbocycles. The zero-order chi connectivity index (χ0) is 9.80. The number of rotatable bonds is 3. The van der Waals surface area contributed by atoms with E-state index in [1.54, 1.807) is 29.3 Å². The van der Waals surface area contributed by atoms with Crippen molar-refractivity contribution in [2.24, 2.45) is 0 Å². The highest BCUT2D eigenvalue weighted by Crippen LogP contribution is 2.26. The Labute approximate surface area is 90.4 Å². The summed E-state index contributed by atoms with van der Waals surface area (Å²) in [6.07, 6.45) is 3.63. The van der Waals surface area contributed by atoms with Crippen LogP contribution < -0.4 is 5.73 Å². The normalized spacial score (nSPS) is 10.3. The predicted octanol–water partition coefficient (Wildman–Crippen LogP) is 2.41. The van der Waals surface area contributed by atoms with E-state index in [-0.39, 0.29) is 0 Å². The minimum Gasteiger partial charge on any atom is -0.397 e. The monoisotopic (exact) mass is 223 g/mol. The molecule has 0 aliphatic rings. The third-order valence-corrected chi connectivity index (χ3v) is 3.67. The van der Waals surface area contributed by atoms with Crippen LogP contribution in [-0.4, -0.2) is 9.97 Å². The van der Waals surface area contributed by atoms with Gasteiger partial charge in [-0.25, -0.2) is 4.98 Å². The van der Waals surface area contributed by atoms with Crippen molar-refractivity contribution in [3.63, 3.8) is 0 Å². The van der Waals surface area contributed by atoms with E-state index in [0.717, 1.165) is 16.5 Å². The van der Waals surface area contributed by atoms with Gasteiger partial charge in [0.05, 0.1) is 11.2 Å². The second-order valence-corrected chi connectivity index (χ2v) is 4.59. The molecule has 2 rings (SSSR count). The summed E-state index contributed by atoms with van der Waals surface area (Å²) < 4.78 is 0. The number of thioether (sulfide) groups is 1. The molecule has 0 amide bonds. The smallest absolute Gasteiger partial charge is 0.119 e. The van der Waals surface area contributed by atoms with E-state index in [2.05, 4.69) is 9.97 Å². The third-order valence-electron chi connectivity index (χ3n) is 1.64. The van der Waals surface area contributed by atoms with E-state index < -0.39 is 0 Å². The first-order valence-corrected chi connectivity index (χ1v) is 5.93. The van der Waals surface area contributed by atoms with Crippen molar-refractivity contribution < 1.29 is 0 Å². The van der Waals surface area contributed by atoms with E-state index in [1.165, 1.54) is 4.88 Å². The van der Waals surface area contributed by atoms with E-state index in [0.29, 0.717) is 0 Å². The Kier molecular flexibility index (Phi) is 3.00. The Hall–Kier alpha value is -1.07. The van der Waals surface area contributed by atoms with Gasteiger partial charge < -0.3 is 5.73 Å². The van der Waals surface area contributed by atoms with Crippen LogP contribution in [0.4, 0.5) is 5.69 Å². The molecule has 72 valence electrons. The molecule has 14 heavy (non-hydrogen) atoms. The molecular formula is C9H9N3S2. The van der Waals surface area contributed by atoms with Crippen molar-refractivity contribution in [1.29, 1.82) is 0 Å². The molecule has 0 saturated heterocycles. The molecule has 5 heteroatoms. The first kappa shape index (κ1) is 9.48. The Bertz CT molecular complexity index is 400. The van der Waals surface area contributed by atoms with E-state index in [4.69, 9.17) is 5.73 Å². The Morgan fingerprint density at radius 1 is 1.50 bits per heavy atom. The van der Waals surface area contributed by atoms with Crippen LogP contribution in [0.3, 0.4) is 0 Å². The zero-order valence-electron chi connectivity index (χ0n) is 7.38. The molecule has 3 nitrogen and oxygen atoms in total. The van der Waals surface area contributed by atoms with Gasteiger partial charge >= 0.3 is 0 Å². The highest BCUT2D eigenvalue weighted by Gasteiger charge is 2.01. The van der Waals surface area contributed by atoms with Crippen molar-refractivity contribution in [2.45, 2.75) is 10.8 Å². The largest absolute Gasteiger partial charge is 0.397 e. The van der Waals surface area contributed by atoms with E-state index in [1.807, 2.05) is 23.8 Å². The van der Waals surface area contributed by atoms with Crippen LogP contribution in [0.1, 0.15) is 4.88 Å². The molecule has 0 atom stereocenters. The Morgan fingerprint density at radius 3 is 3.14 bits per heavy atom. The lowest BCUT2D eigenvalue weighted by molar-refractivity contribution is 1.14. The predicted molar refractivity (Wildman–Crippen MR) is 60.3 cm³/mol. The summed E-state index contributed by atoms with van der Waals surface area (Å²) >= 11 is 3.29. The van der Waals surface area contributed by atoms with Crippen LogP contribution in [0.15, 0.2) is 35.1 Å². The lowest BCUT2D eigenvalue weighted by Crippen LogP contribution is -1.90. The number of thiazole rings is 1. The van der Waals surface area contributed by atoms with Crippen molar-refractivity contribution in [3.05, 3.63) is 34.9 Å². The van der Waals surface area contributed by atoms with Crippen LogP contribution in [-0.2, 0) is 5.75 Å². The molecule has 2 heterocycles. The SMILES string of the molecule is Nc1cccnc1SCc1cncs1. The number of nitrogens with zero attached hydrogens (tertiary/aromatic N) is 2. The highest BCUT2D eigenvalue weighted by atomic mass is 32.2. The number of anilines is 1. The maximum atomic E-state index is 5.76. The summed E-state index contributed by atoms with van der Waals surface area (Å²) in [5, 5.41) is 0.890. The summed E-state index contributed by atoms with van der Waals surface area (Å²) in [6.45, 7) is 0. The van der Waals surface area contributed by atoms with Gasteiger partial charge in [0.15, 0.2) is 0 Å². The number of hydrogen-bond donors (Lipinski definition) is 1. The fourth-order valence-corrected chi connectivity index (χ4v) is 2.53. The number of hydrogen-bond acceptors (Lipinski definition) is 5. The minimum absolute atomic E-state index is 0.738. The molecule has 0 aliphatic carbocycles. The highest BCUT2D eigenvalue weighted by molar-refractivity contribution is 7.98. The van der Waals surface area contributed by atoms with Gasteiger partial charge in [0.1, 0.15) is 5.03 Å². The molecule has 0 unspecified atom stereocenters. The van der Waals surface area contributed by atoms with E-state index >= 15 is 0 Å². The first-order valence-electron chi connectivity index (χ1n) is 4.07. The van der Waals surface area contributed by atoms with Gasteiger partial charge in [0, 0.05) is 23.0 Å². The fraction of sp³-hybridized carbons (Fsp3) is 0.111. The molecule has 0 aromatic carbocycles. The van der Waals surface area contributed by atoms with Crippen LogP contribution in [0.2, 0.25) is 0 Å². The van der Waals surface area contributed by atoms with Gasteiger partial charge in [-0.2, -0.15) is 0 Å². The molecule has 2 N–H and O–H groups in total. The molecule has 2 aromatic heterocycles. The van der Waals surface area contributed by atoms with Gasteiger partial charge in [0.25, 0.3) is 0 Å². The van der Waals surface area contributed by atoms with Gasteiger partial charge in [-0.15, -0.1) is 11.3 Å². The Morgan fingerprint density at radius 2 is 2.43 bits per heavy atom. The summed E-state index contributed by atoms with van der Waals surface area (Å²) in [5.74, 6) is 0.881. The van der Waals surface area contributed by atoms with Crippen molar-refractivity contribution in [2.75, 3.05) is 5.73 Å². The van der Waals surface area contributed by atoms with Gasteiger partial charge in [-0.05, 0) is 12.1 Å². The summed E-state index contributed by atoms with van der Waals surface area (Å²) in [4.78, 5) is 9.45. The topological polar surface area (TPSA) is 51.8 Å². The van der Waals surface area contributed by atoms with Crippen molar-refractivity contribution in [3.8, 4) is 0 Å². The van der Waals surface area contributed by atoms with E-state index in [9.17, 15) is 0 Å². The molecule has 0 bridgehead atoms. The lowest BCUT2D eigenvalue weighted by atomic mass is 10.4. The summed E-state index contributed by atoms with van der Waals surface area (Å²) in [5.41, 5.74) is 8.33. The summed E-state index contributed by atoms with van der Waals surface area (Å²) in [6, 6.07) is 3.70. The molecule has 2 aromatic rings. The van der Waals surface area contributed by atoms with Crippen molar-refractivity contribution in [1.82, 2.24) is 9.97 Å². The number of nitrogen functional groups attached to an aromatic ring is 1. The minimum atomic E-state index is 0.738. The number of nitrogens with two attached hydrogens (primary N) is 1. The van der Waals surface area contributed by atoms with Crippen molar-refractivity contribution >= 4 is 28.8 Å². The second kappa shape index (κ2) is 4.43. The van der Waals surface area contributed by atoms with Gasteiger partial charge in [0.2, 0.25) is 0 Å². The average molecular weight is 223 g/mol. The number of aromatic nitrogens is 2. The lowest BCUT2D eigenvalue weighted by Gasteiger charge is -2.01. The van der Waals surface area contributed by atoms with Crippen LogP contribution in [0.25, 0.3) is 0 Å². The Balaban J connectivity index is 2.02. The maximum absolute atomic E-state index is 5.76. The maximum Gasteiger partial charge on any atom is 0.119 e. The fourth-order valence-electron chi connectivity index (χ4n) is 0.977. The molecule has 0 aliphatic heterocycles. The molecule has 0 spiro atoms. The van der Waals surface area contributed by atoms with Gasteiger partial charge in [-0.1, -0.05) is 11.8 Å².